The second kappa shape index (κ2) is 6.06. The summed E-state index contributed by atoms with van der Waals surface area (Å²) in [6.45, 7) is 5.76. The zero-order chi connectivity index (χ0) is 11.6. The smallest absolute Gasteiger partial charge is 0.124 e. The van der Waals surface area contributed by atoms with Gasteiger partial charge in [-0.3, -0.25) is 0 Å². The van der Waals surface area contributed by atoms with Gasteiger partial charge in [0.15, 0.2) is 0 Å². The molecule has 0 heterocycles. The highest BCUT2D eigenvalue weighted by Gasteiger charge is 2.15. The average Bonchev–Trinajstić information content (AvgIpc) is 2.09. The minimum Gasteiger partial charge on any atom is -0.507 e. The summed E-state index contributed by atoms with van der Waals surface area (Å²) in [7, 11) is 0. The Labute approximate surface area is 102 Å². The summed E-state index contributed by atoms with van der Waals surface area (Å²) in [6.07, 6.45) is 0.733. The van der Waals surface area contributed by atoms with Crippen LogP contribution in [0.15, 0.2) is 12.1 Å². The highest BCUT2D eigenvalue weighted by molar-refractivity contribution is 5.85. The Hall–Kier alpha value is -0.800. The number of aromatic hydroxyl groups is 1. The molecule has 1 aromatic carbocycles. The van der Waals surface area contributed by atoms with E-state index in [1.807, 2.05) is 13.8 Å². The van der Waals surface area contributed by atoms with Crippen LogP contribution in [-0.2, 0) is 0 Å². The van der Waals surface area contributed by atoms with E-state index in [0.29, 0.717) is 17.0 Å². The quantitative estimate of drug-likeness (QED) is 0.861. The fraction of sp³-hybridized carbons (Fsp3) is 0.500. The summed E-state index contributed by atoms with van der Waals surface area (Å²) < 4.78 is 13.1. The van der Waals surface area contributed by atoms with Gasteiger partial charge in [-0.2, -0.15) is 0 Å². The summed E-state index contributed by atoms with van der Waals surface area (Å²) in [5, 5.41) is 9.76. The third-order valence-electron chi connectivity index (χ3n) is 2.42. The maximum atomic E-state index is 13.1. The molecule has 0 fully saturated rings. The van der Waals surface area contributed by atoms with Crippen LogP contribution in [0.5, 0.6) is 5.75 Å². The molecule has 0 aliphatic carbocycles. The van der Waals surface area contributed by atoms with Crippen LogP contribution >= 0.6 is 12.4 Å². The van der Waals surface area contributed by atoms with E-state index < -0.39 is 0 Å². The first-order chi connectivity index (χ1) is 6.91. The highest BCUT2D eigenvalue weighted by atomic mass is 35.5. The lowest BCUT2D eigenvalue weighted by atomic mass is 9.95. The van der Waals surface area contributed by atoms with Crippen molar-refractivity contribution in [2.45, 2.75) is 33.2 Å². The minimum absolute atomic E-state index is 0. The van der Waals surface area contributed by atoms with Gasteiger partial charge in [0.05, 0.1) is 0 Å². The van der Waals surface area contributed by atoms with E-state index in [9.17, 15) is 9.50 Å². The first-order valence-electron chi connectivity index (χ1n) is 5.16. The molecule has 16 heavy (non-hydrogen) atoms. The molecule has 0 radical (unpaired) electrons. The Balaban J connectivity index is 0.00000225. The average molecular weight is 248 g/mol. The second-order valence-corrected chi connectivity index (χ2v) is 4.40. The first-order valence-corrected chi connectivity index (χ1v) is 5.16. The molecule has 0 aromatic heterocycles. The maximum Gasteiger partial charge on any atom is 0.124 e. The van der Waals surface area contributed by atoms with Crippen LogP contribution in [0, 0.1) is 18.7 Å². The summed E-state index contributed by atoms with van der Waals surface area (Å²) >= 11 is 0. The van der Waals surface area contributed by atoms with Crippen LogP contribution in [-0.4, -0.2) is 5.11 Å². The van der Waals surface area contributed by atoms with Crippen molar-refractivity contribution in [1.29, 1.82) is 0 Å². The molecule has 1 aromatic rings. The number of nitrogens with two attached hydrogens (primary N) is 1. The largest absolute Gasteiger partial charge is 0.507 e. The van der Waals surface area contributed by atoms with Crippen molar-refractivity contribution in [3.63, 3.8) is 0 Å². The predicted molar refractivity (Wildman–Crippen MR) is 66.4 cm³/mol. The molecule has 0 bridgehead atoms. The maximum absolute atomic E-state index is 13.1. The number of benzene rings is 1. The van der Waals surface area contributed by atoms with E-state index in [-0.39, 0.29) is 30.0 Å². The number of rotatable bonds is 3. The molecule has 1 atom stereocenters. The molecule has 0 amide bonds. The van der Waals surface area contributed by atoms with Crippen molar-refractivity contribution in [1.82, 2.24) is 0 Å². The molecule has 2 nitrogen and oxygen atoms in total. The Morgan fingerprint density at radius 3 is 2.44 bits per heavy atom. The van der Waals surface area contributed by atoms with Gasteiger partial charge in [-0.05, 0) is 37.0 Å². The molecule has 0 aliphatic heterocycles. The Kier molecular flexibility index (Phi) is 5.76. The summed E-state index contributed by atoms with van der Waals surface area (Å²) in [4.78, 5) is 0. The van der Waals surface area contributed by atoms with E-state index in [1.54, 1.807) is 6.92 Å². The SMILES string of the molecule is Cc1cc(F)cc([C@H](N)CC(C)C)c1O.Cl. The fourth-order valence-corrected chi connectivity index (χ4v) is 1.68. The zero-order valence-corrected chi connectivity index (χ0v) is 10.6. The number of hydrogen-bond acceptors (Lipinski definition) is 2. The van der Waals surface area contributed by atoms with Gasteiger partial charge >= 0.3 is 0 Å². The van der Waals surface area contributed by atoms with Crippen molar-refractivity contribution < 1.29 is 9.50 Å². The lowest BCUT2D eigenvalue weighted by Gasteiger charge is -2.17. The molecule has 3 N–H and O–H groups in total. The van der Waals surface area contributed by atoms with Gasteiger partial charge in [-0.1, -0.05) is 13.8 Å². The van der Waals surface area contributed by atoms with Crippen LogP contribution in [0.1, 0.15) is 37.4 Å². The molecule has 0 unspecified atom stereocenters. The number of aryl methyl sites for hydroxylation is 1. The zero-order valence-electron chi connectivity index (χ0n) is 9.83. The molecule has 4 heteroatoms. The minimum atomic E-state index is -0.348. The van der Waals surface area contributed by atoms with Gasteiger partial charge in [-0.25, -0.2) is 4.39 Å². The fourth-order valence-electron chi connectivity index (χ4n) is 1.68. The van der Waals surface area contributed by atoms with E-state index in [4.69, 9.17) is 5.73 Å². The first kappa shape index (κ1) is 15.2. The molecule has 0 saturated heterocycles. The topological polar surface area (TPSA) is 46.2 Å². The number of phenols is 1. The lowest BCUT2D eigenvalue weighted by molar-refractivity contribution is 0.438. The standard InChI is InChI=1S/C12H18FNO.ClH/c1-7(2)4-11(14)10-6-9(13)5-8(3)12(10)15;/h5-7,11,15H,4,14H2,1-3H3;1H/t11-;/m1./s1. The van der Waals surface area contributed by atoms with Crippen LogP contribution in [0.2, 0.25) is 0 Å². The molecule has 92 valence electrons. The summed E-state index contributed by atoms with van der Waals surface area (Å²) in [5.41, 5.74) is 6.94. The van der Waals surface area contributed by atoms with Gasteiger partial charge in [0.2, 0.25) is 0 Å². The lowest BCUT2D eigenvalue weighted by Crippen LogP contribution is -2.13. The third kappa shape index (κ3) is 3.65. The van der Waals surface area contributed by atoms with E-state index >= 15 is 0 Å². The highest BCUT2D eigenvalue weighted by Crippen LogP contribution is 2.30. The summed E-state index contributed by atoms with van der Waals surface area (Å²) in [6, 6.07) is 2.32. The molecular formula is C12H19ClFNO. The Morgan fingerprint density at radius 1 is 1.38 bits per heavy atom. The normalized spacial score (nSPS) is 12.4. The van der Waals surface area contributed by atoms with Crippen LogP contribution < -0.4 is 5.73 Å². The van der Waals surface area contributed by atoms with E-state index in [2.05, 4.69) is 0 Å². The molecule has 0 aliphatic rings. The van der Waals surface area contributed by atoms with Crippen molar-refractivity contribution in [2.75, 3.05) is 0 Å². The van der Waals surface area contributed by atoms with Crippen molar-refractivity contribution >= 4 is 12.4 Å². The van der Waals surface area contributed by atoms with Crippen molar-refractivity contribution in [3.05, 3.63) is 29.1 Å². The second-order valence-electron chi connectivity index (χ2n) is 4.40. The van der Waals surface area contributed by atoms with Crippen molar-refractivity contribution in [2.24, 2.45) is 11.7 Å². The Morgan fingerprint density at radius 2 is 1.94 bits per heavy atom. The number of halogens is 2. The van der Waals surface area contributed by atoms with E-state index in [1.165, 1.54) is 12.1 Å². The molecule has 0 spiro atoms. The van der Waals surface area contributed by atoms with Gasteiger partial charge in [-0.15, -0.1) is 12.4 Å². The van der Waals surface area contributed by atoms with Gasteiger partial charge in [0.1, 0.15) is 11.6 Å². The van der Waals surface area contributed by atoms with Crippen LogP contribution in [0.4, 0.5) is 4.39 Å². The van der Waals surface area contributed by atoms with Crippen LogP contribution in [0.25, 0.3) is 0 Å². The summed E-state index contributed by atoms with van der Waals surface area (Å²) in [5.74, 6) is 0.187. The third-order valence-corrected chi connectivity index (χ3v) is 2.42. The molecule has 0 saturated carbocycles. The Bertz CT molecular complexity index is 355. The van der Waals surface area contributed by atoms with Crippen molar-refractivity contribution in [3.8, 4) is 5.75 Å². The number of phenolic OH excluding ortho intramolecular Hbond substituents is 1. The van der Waals surface area contributed by atoms with E-state index in [0.717, 1.165) is 6.42 Å². The van der Waals surface area contributed by atoms with Crippen LogP contribution in [0.3, 0.4) is 0 Å². The predicted octanol–water partition coefficient (Wildman–Crippen LogP) is 3.31. The monoisotopic (exact) mass is 247 g/mol. The molecule has 1 rings (SSSR count). The number of hydrogen-bond donors (Lipinski definition) is 2. The van der Waals surface area contributed by atoms with Gasteiger partial charge < -0.3 is 10.8 Å². The van der Waals surface area contributed by atoms with Gasteiger partial charge in [0.25, 0.3) is 0 Å². The molecular weight excluding hydrogens is 229 g/mol. The van der Waals surface area contributed by atoms with Gasteiger partial charge in [0, 0.05) is 11.6 Å².